The molecule has 1 amide bonds. The molecule has 0 spiro atoms. The molecule has 4 rings (SSSR count). The Morgan fingerprint density at radius 1 is 1.12 bits per heavy atom. The quantitative estimate of drug-likeness (QED) is 0.474. The molecule has 0 radical (unpaired) electrons. The number of nitrogens with zero attached hydrogens (tertiary/aromatic N) is 1. The number of pyridine rings is 1. The standard InChI is InChI=1S/C27H27N3O3/c1-27(11-8-18(9-12-27)26(32)33)15-20-4-2-3-5-23(20)24(16-28)25(31)30-22-7-6-21-17-29-13-10-19(21)14-22/h2-14,17-18,24H,15-16,28H2,1H3,(H,30,31)(H,32,33). The van der Waals surface area contributed by atoms with Crippen molar-refractivity contribution in [3.05, 3.63) is 96.4 Å². The van der Waals surface area contributed by atoms with E-state index >= 15 is 0 Å². The first-order valence-electron chi connectivity index (χ1n) is 10.9. The zero-order chi connectivity index (χ0) is 23.4. The number of carbonyl (C=O) groups excluding carboxylic acids is 1. The zero-order valence-corrected chi connectivity index (χ0v) is 18.4. The highest BCUT2D eigenvalue weighted by Crippen LogP contribution is 2.34. The van der Waals surface area contributed by atoms with Crippen LogP contribution in [0.15, 0.2) is 85.2 Å². The van der Waals surface area contributed by atoms with E-state index < -0.39 is 17.8 Å². The number of aromatic nitrogens is 1. The van der Waals surface area contributed by atoms with Crippen LogP contribution in [0.3, 0.4) is 0 Å². The van der Waals surface area contributed by atoms with Gasteiger partial charge in [0.25, 0.3) is 0 Å². The molecule has 1 unspecified atom stereocenters. The van der Waals surface area contributed by atoms with Crippen LogP contribution in [0.2, 0.25) is 0 Å². The molecule has 1 heterocycles. The zero-order valence-electron chi connectivity index (χ0n) is 18.4. The second-order valence-electron chi connectivity index (χ2n) is 8.68. The summed E-state index contributed by atoms with van der Waals surface area (Å²) in [4.78, 5) is 28.6. The highest BCUT2D eigenvalue weighted by Gasteiger charge is 2.28. The lowest BCUT2D eigenvalue weighted by molar-refractivity contribution is -0.138. The number of aliphatic carboxylic acids is 1. The summed E-state index contributed by atoms with van der Waals surface area (Å²) < 4.78 is 0. The number of nitrogens with one attached hydrogen (secondary N) is 1. The van der Waals surface area contributed by atoms with E-state index in [9.17, 15) is 14.7 Å². The van der Waals surface area contributed by atoms with Gasteiger partial charge in [0.1, 0.15) is 0 Å². The first-order valence-corrected chi connectivity index (χ1v) is 10.9. The maximum Gasteiger partial charge on any atom is 0.314 e. The first kappa shape index (κ1) is 22.4. The van der Waals surface area contributed by atoms with Crippen LogP contribution in [-0.4, -0.2) is 28.5 Å². The fraction of sp³-hybridized carbons (Fsp3) is 0.222. The minimum absolute atomic E-state index is 0.163. The van der Waals surface area contributed by atoms with Gasteiger partial charge in [-0.15, -0.1) is 0 Å². The second-order valence-corrected chi connectivity index (χ2v) is 8.68. The molecule has 6 nitrogen and oxygen atoms in total. The smallest absolute Gasteiger partial charge is 0.314 e. The molecule has 1 aromatic heterocycles. The van der Waals surface area contributed by atoms with Gasteiger partial charge in [-0.3, -0.25) is 14.6 Å². The topological polar surface area (TPSA) is 105 Å². The second kappa shape index (κ2) is 9.38. The molecule has 168 valence electrons. The third-order valence-corrected chi connectivity index (χ3v) is 6.12. The number of nitrogens with two attached hydrogens (primary N) is 1. The minimum atomic E-state index is -0.866. The molecule has 0 fully saturated rings. The highest BCUT2D eigenvalue weighted by molar-refractivity contribution is 5.98. The number of carboxylic acid groups (broad SMARTS) is 1. The maximum absolute atomic E-state index is 13.2. The highest BCUT2D eigenvalue weighted by atomic mass is 16.4. The summed E-state index contributed by atoms with van der Waals surface area (Å²) in [6.07, 6.45) is 11.4. The van der Waals surface area contributed by atoms with Crippen molar-refractivity contribution in [1.29, 1.82) is 0 Å². The summed E-state index contributed by atoms with van der Waals surface area (Å²) in [7, 11) is 0. The van der Waals surface area contributed by atoms with Crippen LogP contribution >= 0.6 is 0 Å². The number of rotatable bonds is 7. The Balaban J connectivity index is 1.56. The van der Waals surface area contributed by atoms with Crippen LogP contribution in [0.5, 0.6) is 0 Å². The van der Waals surface area contributed by atoms with Gasteiger partial charge in [-0.25, -0.2) is 0 Å². The first-order chi connectivity index (χ1) is 15.9. The molecule has 0 aliphatic heterocycles. The molecule has 6 heteroatoms. The molecule has 1 atom stereocenters. The lowest BCUT2D eigenvalue weighted by Gasteiger charge is -2.28. The Hall–Kier alpha value is -3.77. The van der Waals surface area contributed by atoms with Crippen LogP contribution in [0, 0.1) is 11.3 Å². The van der Waals surface area contributed by atoms with Gasteiger partial charge in [-0.05, 0) is 41.1 Å². The number of benzene rings is 2. The van der Waals surface area contributed by atoms with E-state index in [1.54, 1.807) is 24.5 Å². The number of carbonyl (C=O) groups is 2. The molecule has 33 heavy (non-hydrogen) atoms. The molecule has 1 aliphatic rings. The number of allylic oxidation sites excluding steroid dienone is 2. The van der Waals surface area contributed by atoms with Crippen molar-refractivity contribution in [2.75, 3.05) is 11.9 Å². The number of carboxylic acids is 1. The lowest BCUT2D eigenvalue weighted by Crippen LogP contribution is -2.29. The largest absolute Gasteiger partial charge is 0.481 e. The molecule has 1 aliphatic carbocycles. The Morgan fingerprint density at radius 2 is 1.88 bits per heavy atom. The molecule has 0 saturated heterocycles. The van der Waals surface area contributed by atoms with Crippen molar-refractivity contribution in [2.24, 2.45) is 17.1 Å². The van der Waals surface area contributed by atoms with E-state index in [-0.39, 0.29) is 17.9 Å². The number of anilines is 1. The minimum Gasteiger partial charge on any atom is -0.481 e. The molecule has 0 saturated carbocycles. The summed E-state index contributed by atoms with van der Waals surface area (Å²) in [5, 5.41) is 14.2. The Bertz CT molecular complexity index is 1230. The number of hydrogen-bond acceptors (Lipinski definition) is 4. The summed E-state index contributed by atoms with van der Waals surface area (Å²) in [6, 6.07) is 15.4. The van der Waals surface area contributed by atoms with Gasteiger partial charge in [-0.2, -0.15) is 0 Å². The SMILES string of the molecule is CC1(Cc2ccccc2C(CN)C(=O)Nc2ccc3cnccc3c2)C=CC(C(=O)O)C=C1. The van der Waals surface area contributed by atoms with E-state index in [0.717, 1.165) is 21.9 Å². The van der Waals surface area contributed by atoms with Gasteiger partial charge in [0.05, 0.1) is 11.8 Å². The van der Waals surface area contributed by atoms with Gasteiger partial charge in [0.2, 0.25) is 5.91 Å². The molecule has 0 bridgehead atoms. The fourth-order valence-electron chi connectivity index (χ4n) is 4.26. The summed E-state index contributed by atoms with van der Waals surface area (Å²) in [5.74, 6) is -2.14. The van der Waals surface area contributed by atoms with Crippen molar-refractivity contribution in [2.45, 2.75) is 19.3 Å². The average Bonchev–Trinajstić information content (AvgIpc) is 2.80. The number of hydrogen-bond donors (Lipinski definition) is 3. The Kier molecular flexibility index (Phi) is 6.38. The van der Waals surface area contributed by atoms with Crippen LogP contribution in [-0.2, 0) is 16.0 Å². The molecule has 3 aromatic rings. The van der Waals surface area contributed by atoms with E-state index in [0.29, 0.717) is 12.1 Å². The normalized spacial score (nSPS) is 20.5. The summed E-state index contributed by atoms with van der Waals surface area (Å²) in [6.45, 7) is 2.22. The van der Waals surface area contributed by atoms with Crippen LogP contribution < -0.4 is 11.1 Å². The fourth-order valence-corrected chi connectivity index (χ4v) is 4.26. The van der Waals surface area contributed by atoms with E-state index in [2.05, 4.69) is 17.2 Å². The maximum atomic E-state index is 13.2. The third kappa shape index (κ3) is 5.02. The molecule has 4 N–H and O–H groups in total. The van der Waals surface area contributed by atoms with Crippen molar-refractivity contribution in [3.63, 3.8) is 0 Å². The molecule has 2 aromatic carbocycles. The van der Waals surface area contributed by atoms with Crippen molar-refractivity contribution in [3.8, 4) is 0 Å². The van der Waals surface area contributed by atoms with E-state index in [1.165, 1.54) is 0 Å². The lowest BCUT2D eigenvalue weighted by atomic mass is 9.76. The average molecular weight is 442 g/mol. The van der Waals surface area contributed by atoms with E-state index in [4.69, 9.17) is 5.73 Å². The van der Waals surface area contributed by atoms with Crippen LogP contribution in [0.25, 0.3) is 10.8 Å². The van der Waals surface area contributed by atoms with Gasteiger partial charge < -0.3 is 16.2 Å². The van der Waals surface area contributed by atoms with Gasteiger partial charge in [0.15, 0.2) is 0 Å². The third-order valence-electron chi connectivity index (χ3n) is 6.12. The number of amides is 1. The van der Waals surface area contributed by atoms with Crippen molar-refractivity contribution in [1.82, 2.24) is 4.98 Å². The molecular weight excluding hydrogens is 414 g/mol. The summed E-state index contributed by atoms with van der Waals surface area (Å²) in [5.41, 5.74) is 8.33. The number of fused-ring (bicyclic) bond motifs is 1. The van der Waals surface area contributed by atoms with E-state index in [1.807, 2.05) is 60.7 Å². The Morgan fingerprint density at radius 3 is 2.61 bits per heavy atom. The molecular formula is C27H27N3O3. The van der Waals surface area contributed by atoms with Gasteiger partial charge >= 0.3 is 5.97 Å². The predicted octanol–water partition coefficient (Wildman–Crippen LogP) is 4.29. The van der Waals surface area contributed by atoms with Gasteiger partial charge in [0, 0.05) is 35.4 Å². The van der Waals surface area contributed by atoms with Crippen molar-refractivity contribution < 1.29 is 14.7 Å². The summed E-state index contributed by atoms with van der Waals surface area (Å²) >= 11 is 0. The monoisotopic (exact) mass is 441 g/mol. The predicted molar refractivity (Wildman–Crippen MR) is 130 cm³/mol. The Labute approximate surface area is 192 Å². The van der Waals surface area contributed by atoms with Gasteiger partial charge in [-0.1, -0.05) is 61.6 Å². The van der Waals surface area contributed by atoms with Crippen LogP contribution in [0.1, 0.15) is 24.0 Å². The van der Waals surface area contributed by atoms with Crippen molar-refractivity contribution >= 4 is 28.3 Å². The van der Waals surface area contributed by atoms with Crippen LogP contribution in [0.4, 0.5) is 5.69 Å².